The van der Waals surface area contributed by atoms with Crippen molar-refractivity contribution in [2.75, 3.05) is 0 Å². The maximum atomic E-state index is 12.2. The molecule has 1 aliphatic heterocycles. The minimum absolute atomic E-state index is 0.0612. The lowest BCUT2D eigenvalue weighted by Crippen LogP contribution is -2.21. The number of para-hydroxylation sites is 1. The van der Waals surface area contributed by atoms with E-state index in [4.69, 9.17) is 11.6 Å². The van der Waals surface area contributed by atoms with Crippen molar-refractivity contribution in [3.63, 3.8) is 0 Å². The molecule has 1 N–H and O–H groups in total. The maximum absolute atomic E-state index is 12.2. The number of amides is 1. The molecule has 1 amide bonds. The Hall–Kier alpha value is -2.18. The molecule has 3 heterocycles. The number of carbonyl (C=O) groups excluding carboxylic acids is 1. The standard InChI is InChI=1S/C16H13ClN4OS/c17-6-10-8-23-15(20-10)5-12-14-7-18-16(22)11-3-1-2-4-13(11)21(14)9-19-12/h1-4,8-9H,5-7H2,(H,18,22). The first-order valence-corrected chi connectivity index (χ1v) is 8.59. The zero-order chi connectivity index (χ0) is 15.8. The number of fused-ring (bicyclic) bond motifs is 3. The van der Waals surface area contributed by atoms with Crippen LogP contribution in [0.1, 0.15) is 32.4 Å². The highest BCUT2D eigenvalue weighted by molar-refractivity contribution is 7.09. The number of hydrogen-bond donors (Lipinski definition) is 1. The van der Waals surface area contributed by atoms with Crippen LogP contribution in [0.3, 0.4) is 0 Å². The Morgan fingerprint density at radius 1 is 1.35 bits per heavy atom. The maximum Gasteiger partial charge on any atom is 0.253 e. The number of thiazole rings is 1. The Bertz CT molecular complexity index is 886. The Morgan fingerprint density at radius 2 is 2.22 bits per heavy atom. The second-order valence-electron chi connectivity index (χ2n) is 5.25. The summed E-state index contributed by atoms with van der Waals surface area (Å²) < 4.78 is 1.98. The van der Waals surface area contributed by atoms with Gasteiger partial charge in [-0.05, 0) is 12.1 Å². The summed E-state index contributed by atoms with van der Waals surface area (Å²) in [4.78, 5) is 21.2. The fourth-order valence-electron chi connectivity index (χ4n) is 2.72. The molecule has 0 radical (unpaired) electrons. The third-order valence-electron chi connectivity index (χ3n) is 3.83. The van der Waals surface area contributed by atoms with Crippen LogP contribution in [0.25, 0.3) is 5.69 Å². The Balaban J connectivity index is 1.74. The van der Waals surface area contributed by atoms with Crippen molar-refractivity contribution in [2.45, 2.75) is 18.8 Å². The summed E-state index contributed by atoms with van der Waals surface area (Å²) in [7, 11) is 0. The van der Waals surface area contributed by atoms with Gasteiger partial charge >= 0.3 is 0 Å². The van der Waals surface area contributed by atoms with E-state index in [0.717, 1.165) is 27.8 Å². The molecule has 1 aromatic carbocycles. The molecule has 0 saturated heterocycles. The number of carbonyl (C=O) groups is 1. The zero-order valence-corrected chi connectivity index (χ0v) is 13.7. The van der Waals surface area contributed by atoms with Crippen molar-refractivity contribution >= 4 is 28.8 Å². The first kappa shape index (κ1) is 14.4. The van der Waals surface area contributed by atoms with Gasteiger partial charge in [-0.15, -0.1) is 22.9 Å². The lowest BCUT2D eigenvalue weighted by Gasteiger charge is -2.07. The zero-order valence-electron chi connectivity index (χ0n) is 12.1. The molecular formula is C16H13ClN4OS. The van der Waals surface area contributed by atoms with E-state index < -0.39 is 0 Å². The number of benzene rings is 1. The molecule has 3 aromatic rings. The molecule has 0 spiro atoms. The lowest BCUT2D eigenvalue weighted by atomic mass is 10.1. The molecule has 0 aliphatic carbocycles. The molecule has 7 heteroatoms. The van der Waals surface area contributed by atoms with Crippen LogP contribution < -0.4 is 5.32 Å². The van der Waals surface area contributed by atoms with E-state index in [0.29, 0.717) is 24.4 Å². The van der Waals surface area contributed by atoms with Gasteiger partial charge < -0.3 is 9.88 Å². The number of nitrogens with zero attached hydrogens (tertiary/aromatic N) is 3. The van der Waals surface area contributed by atoms with Gasteiger partial charge in [0.05, 0.1) is 52.1 Å². The Morgan fingerprint density at radius 3 is 3.04 bits per heavy atom. The average Bonchev–Trinajstić information content (AvgIpc) is 3.16. The van der Waals surface area contributed by atoms with Crippen LogP contribution in [-0.4, -0.2) is 20.4 Å². The predicted molar refractivity (Wildman–Crippen MR) is 89.2 cm³/mol. The molecular weight excluding hydrogens is 332 g/mol. The highest BCUT2D eigenvalue weighted by Crippen LogP contribution is 2.24. The minimum atomic E-state index is -0.0612. The van der Waals surface area contributed by atoms with E-state index in [2.05, 4.69) is 15.3 Å². The van der Waals surface area contributed by atoms with Crippen molar-refractivity contribution in [3.05, 3.63) is 63.6 Å². The number of alkyl halides is 1. The van der Waals surface area contributed by atoms with Crippen molar-refractivity contribution in [1.29, 1.82) is 0 Å². The molecule has 1 aliphatic rings. The summed E-state index contributed by atoms with van der Waals surface area (Å²) in [5, 5.41) is 5.89. The van der Waals surface area contributed by atoms with Crippen LogP contribution in [0.5, 0.6) is 0 Å². The van der Waals surface area contributed by atoms with E-state index in [-0.39, 0.29) is 5.91 Å². The van der Waals surface area contributed by atoms with Crippen LogP contribution in [0.2, 0.25) is 0 Å². The Labute approximate surface area is 142 Å². The van der Waals surface area contributed by atoms with Gasteiger partial charge in [-0.25, -0.2) is 9.97 Å². The van der Waals surface area contributed by atoms with Gasteiger partial charge in [-0.3, -0.25) is 4.79 Å². The number of rotatable bonds is 3. The quantitative estimate of drug-likeness (QED) is 0.743. The number of imidazole rings is 1. The second kappa shape index (κ2) is 5.79. The first-order valence-electron chi connectivity index (χ1n) is 7.18. The first-order chi connectivity index (χ1) is 11.3. The molecule has 0 bridgehead atoms. The van der Waals surface area contributed by atoms with Crippen molar-refractivity contribution in [2.24, 2.45) is 0 Å². The van der Waals surface area contributed by atoms with E-state index >= 15 is 0 Å². The predicted octanol–water partition coefficient (Wildman–Crippen LogP) is 2.90. The minimum Gasteiger partial charge on any atom is -0.346 e. The van der Waals surface area contributed by atoms with Crippen molar-refractivity contribution < 1.29 is 4.79 Å². The summed E-state index contributed by atoms with van der Waals surface area (Å²) in [6, 6.07) is 7.55. The summed E-state index contributed by atoms with van der Waals surface area (Å²) in [6.07, 6.45) is 2.42. The van der Waals surface area contributed by atoms with Gasteiger partial charge in [0.1, 0.15) is 0 Å². The average molecular weight is 345 g/mol. The molecule has 4 rings (SSSR count). The van der Waals surface area contributed by atoms with Crippen LogP contribution in [-0.2, 0) is 18.8 Å². The summed E-state index contributed by atoms with van der Waals surface area (Å²) in [6.45, 7) is 0.455. The van der Waals surface area contributed by atoms with Gasteiger partial charge in [-0.1, -0.05) is 12.1 Å². The molecule has 116 valence electrons. The lowest BCUT2D eigenvalue weighted by molar-refractivity contribution is 0.0952. The van der Waals surface area contributed by atoms with Crippen molar-refractivity contribution in [1.82, 2.24) is 19.9 Å². The SMILES string of the molecule is O=C1NCc2c(Cc3nc(CCl)cs3)ncn2-c2ccccc21. The molecule has 0 unspecified atom stereocenters. The topological polar surface area (TPSA) is 59.8 Å². The third-order valence-corrected chi connectivity index (χ3v) is 5.00. The van der Waals surface area contributed by atoms with E-state index in [1.165, 1.54) is 0 Å². The van der Waals surface area contributed by atoms with E-state index in [9.17, 15) is 4.79 Å². The van der Waals surface area contributed by atoms with Crippen LogP contribution in [0.15, 0.2) is 36.0 Å². The molecule has 0 saturated carbocycles. The van der Waals surface area contributed by atoms with Crippen LogP contribution in [0, 0.1) is 0 Å². The molecule has 23 heavy (non-hydrogen) atoms. The van der Waals surface area contributed by atoms with Gasteiger partial charge in [0.2, 0.25) is 0 Å². The highest BCUT2D eigenvalue weighted by atomic mass is 35.5. The fourth-order valence-corrected chi connectivity index (χ4v) is 3.75. The van der Waals surface area contributed by atoms with Crippen LogP contribution >= 0.6 is 22.9 Å². The Kier molecular flexibility index (Phi) is 3.63. The summed E-state index contributed by atoms with van der Waals surface area (Å²) in [5.74, 6) is 0.357. The number of halogens is 1. The van der Waals surface area contributed by atoms with Gasteiger partial charge in [0.25, 0.3) is 5.91 Å². The molecule has 5 nitrogen and oxygen atoms in total. The molecule has 0 fully saturated rings. The van der Waals surface area contributed by atoms with Crippen LogP contribution in [0.4, 0.5) is 0 Å². The molecule has 0 atom stereocenters. The molecule has 2 aromatic heterocycles. The van der Waals surface area contributed by atoms with Gasteiger partial charge in [0.15, 0.2) is 0 Å². The fraction of sp³-hybridized carbons (Fsp3) is 0.188. The second-order valence-corrected chi connectivity index (χ2v) is 6.46. The van der Waals surface area contributed by atoms with Crippen molar-refractivity contribution in [3.8, 4) is 5.69 Å². The largest absolute Gasteiger partial charge is 0.346 e. The number of nitrogens with one attached hydrogen (secondary N) is 1. The summed E-state index contributed by atoms with van der Waals surface area (Å²) >= 11 is 7.39. The van der Waals surface area contributed by atoms with Gasteiger partial charge in [-0.2, -0.15) is 0 Å². The van der Waals surface area contributed by atoms with E-state index in [1.54, 1.807) is 17.7 Å². The third kappa shape index (κ3) is 2.54. The summed E-state index contributed by atoms with van der Waals surface area (Å²) in [5.41, 5.74) is 4.32. The number of aromatic nitrogens is 3. The monoisotopic (exact) mass is 344 g/mol. The van der Waals surface area contributed by atoms with Gasteiger partial charge in [0, 0.05) is 11.8 Å². The van der Waals surface area contributed by atoms with E-state index in [1.807, 2.05) is 34.2 Å². The number of hydrogen-bond acceptors (Lipinski definition) is 4. The smallest absolute Gasteiger partial charge is 0.253 e. The normalized spacial score (nSPS) is 13.2. The highest BCUT2D eigenvalue weighted by Gasteiger charge is 2.22.